The van der Waals surface area contributed by atoms with E-state index in [9.17, 15) is 9.90 Å². The molecule has 4 N–H and O–H groups in total. The van der Waals surface area contributed by atoms with Crippen molar-refractivity contribution in [2.45, 2.75) is 25.4 Å². The molecular formula is C18H19N5O3. The van der Waals surface area contributed by atoms with E-state index in [-0.39, 0.29) is 12.5 Å². The number of anilines is 2. The van der Waals surface area contributed by atoms with Crippen LogP contribution < -0.4 is 15.8 Å². The maximum Gasteiger partial charge on any atom is 0.261 e. The average molecular weight is 353 g/mol. The number of carbonyl (C=O) groups excluding carboxylic acids is 1. The van der Waals surface area contributed by atoms with Crippen LogP contribution in [-0.2, 0) is 6.42 Å². The van der Waals surface area contributed by atoms with E-state index in [0.29, 0.717) is 34.8 Å². The molecule has 3 heterocycles. The Kier molecular flexibility index (Phi) is 3.77. The number of nitrogens with zero attached hydrogens (tertiary/aromatic N) is 3. The van der Waals surface area contributed by atoms with Gasteiger partial charge < -0.3 is 20.9 Å². The molecule has 0 saturated heterocycles. The van der Waals surface area contributed by atoms with Crippen molar-refractivity contribution in [3.63, 3.8) is 0 Å². The Hall–Kier alpha value is -3.13. The first-order chi connectivity index (χ1) is 12.5. The average Bonchev–Trinajstić information content (AvgIpc) is 3.07. The summed E-state index contributed by atoms with van der Waals surface area (Å²) in [5, 5.41) is 16.4. The molecule has 26 heavy (non-hydrogen) atoms. The second-order valence-corrected chi connectivity index (χ2v) is 6.66. The molecule has 8 nitrogen and oxygen atoms in total. The van der Waals surface area contributed by atoms with Crippen LogP contribution in [0.5, 0.6) is 5.75 Å². The second-order valence-electron chi connectivity index (χ2n) is 6.66. The second kappa shape index (κ2) is 5.99. The first-order valence-corrected chi connectivity index (χ1v) is 8.31. The summed E-state index contributed by atoms with van der Waals surface area (Å²) in [5.74, 6) is 0.309. The number of rotatable bonds is 3. The zero-order valence-electron chi connectivity index (χ0n) is 14.3. The van der Waals surface area contributed by atoms with Gasteiger partial charge in [-0.3, -0.25) is 4.79 Å². The van der Waals surface area contributed by atoms with Crippen molar-refractivity contribution in [3.8, 4) is 5.75 Å². The van der Waals surface area contributed by atoms with E-state index in [1.807, 2.05) is 13.0 Å². The van der Waals surface area contributed by atoms with Crippen molar-refractivity contribution in [3.05, 3.63) is 47.9 Å². The highest BCUT2D eigenvalue weighted by Gasteiger charge is 2.31. The number of benzene rings is 1. The Labute approximate surface area is 149 Å². The Balaban J connectivity index is 1.62. The number of aromatic nitrogens is 3. The van der Waals surface area contributed by atoms with E-state index >= 15 is 0 Å². The lowest BCUT2D eigenvalue weighted by Gasteiger charge is -2.34. The molecule has 0 spiro atoms. The van der Waals surface area contributed by atoms with Crippen LogP contribution in [0, 0.1) is 0 Å². The zero-order valence-corrected chi connectivity index (χ0v) is 14.3. The highest BCUT2D eigenvalue weighted by atomic mass is 16.5. The SMILES string of the molecule is C[C@]1(CO)CCc2cc(NC(=O)c3cnn4cccnc34)c(N)cc2O1. The third-order valence-corrected chi connectivity index (χ3v) is 4.62. The molecule has 2 aromatic heterocycles. The van der Waals surface area contributed by atoms with Crippen LogP contribution in [0.3, 0.4) is 0 Å². The predicted octanol–water partition coefficient (Wildman–Crippen LogP) is 1.64. The van der Waals surface area contributed by atoms with Crippen LogP contribution in [-0.4, -0.2) is 37.8 Å². The van der Waals surface area contributed by atoms with Crippen molar-refractivity contribution in [1.29, 1.82) is 0 Å². The smallest absolute Gasteiger partial charge is 0.261 e. The first-order valence-electron chi connectivity index (χ1n) is 8.31. The predicted molar refractivity (Wildman–Crippen MR) is 96.2 cm³/mol. The lowest BCUT2D eigenvalue weighted by Crippen LogP contribution is -2.40. The molecule has 0 bridgehead atoms. The van der Waals surface area contributed by atoms with Gasteiger partial charge in [0.25, 0.3) is 5.91 Å². The number of carbonyl (C=O) groups is 1. The molecule has 1 atom stereocenters. The topological polar surface area (TPSA) is 115 Å². The Bertz CT molecular complexity index is 1000. The molecule has 0 saturated carbocycles. The van der Waals surface area contributed by atoms with Crippen LogP contribution in [0.4, 0.5) is 11.4 Å². The van der Waals surface area contributed by atoms with Crippen LogP contribution in [0.1, 0.15) is 29.3 Å². The minimum atomic E-state index is -0.604. The molecule has 3 aromatic rings. The van der Waals surface area contributed by atoms with Crippen molar-refractivity contribution < 1.29 is 14.6 Å². The third kappa shape index (κ3) is 2.74. The van der Waals surface area contributed by atoms with Gasteiger partial charge in [0.2, 0.25) is 0 Å². The molecule has 1 aromatic carbocycles. The third-order valence-electron chi connectivity index (χ3n) is 4.62. The largest absolute Gasteiger partial charge is 0.485 e. The van der Waals surface area contributed by atoms with Gasteiger partial charge in [0, 0.05) is 18.5 Å². The summed E-state index contributed by atoms with van der Waals surface area (Å²) in [6.45, 7) is 1.80. The molecule has 0 radical (unpaired) electrons. The van der Waals surface area contributed by atoms with Crippen molar-refractivity contribution in [1.82, 2.24) is 14.6 Å². The van der Waals surface area contributed by atoms with Crippen LogP contribution in [0.2, 0.25) is 0 Å². The summed E-state index contributed by atoms with van der Waals surface area (Å²) in [6.07, 6.45) is 6.22. The number of aliphatic hydroxyl groups excluding tert-OH is 1. The summed E-state index contributed by atoms with van der Waals surface area (Å²) in [4.78, 5) is 16.8. The number of hydrogen-bond acceptors (Lipinski definition) is 6. The Morgan fingerprint density at radius 2 is 2.35 bits per heavy atom. The lowest BCUT2D eigenvalue weighted by atomic mass is 9.93. The fraction of sp³-hybridized carbons (Fsp3) is 0.278. The zero-order chi connectivity index (χ0) is 18.3. The molecule has 134 valence electrons. The number of hydrogen-bond donors (Lipinski definition) is 3. The number of amides is 1. The van der Waals surface area contributed by atoms with E-state index in [0.717, 1.165) is 12.0 Å². The number of aliphatic hydroxyl groups is 1. The number of nitrogens with one attached hydrogen (secondary N) is 1. The van der Waals surface area contributed by atoms with E-state index in [1.165, 1.54) is 10.7 Å². The molecule has 4 rings (SSSR count). The molecule has 0 fully saturated rings. The highest BCUT2D eigenvalue weighted by Crippen LogP contribution is 2.37. The summed E-state index contributed by atoms with van der Waals surface area (Å²) in [7, 11) is 0. The quantitative estimate of drug-likeness (QED) is 0.617. The number of nitrogens with two attached hydrogens (primary N) is 1. The minimum Gasteiger partial charge on any atom is -0.485 e. The van der Waals surface area contributed by atoms with Gasteiger partial charge >= 0.3 is 0 Å². The van der Waals surface area contributed by atoms with Gasteiger partial charge in [-0.15, -0.1) is 0 Å². The van der Waals surface area contributed by atoms with Gasteiger partial charge in [-0.1, -0.05) is 0 Å². The van der Waals surface area contributed by atoms with Crippen LogP contribution >= 0.6 is 0 Å². The molecule has 1 aliphatic heterocycles. The summed E-state index contributed by atoms with van der Waals surface area (Å²) in [6, 6.07) is 5.24. The molecule has 8 heteroatoms. The Morgan fingerprint density at radius 1 is 1.50 bits per heavy atom. The van der Waals surface area contributed by atoms with Gasteiger partial charge in [-0.05, 0) is 37.5 Å². The molecule has 0 aliphatic carbocycles. The van der Waals surface area contributed by atoms with Crippen LogP contribution in [0.15, 0.2) is 36.8 Å². The van der Waals surface area contributed by atoms with Gasteiger partial charge in [-0.25, -0.2) is 9.50 Å². The van der Waals surface area contributed by atoms with Gasteiger partial charge in [0.05, 0.1) is 24.2 Å². The van der Waals surface area contributed by atoms with Gasteiger partial charge in [0.15, 0.2) is 5.65 Å². The summed E-state index contributed by atoms with van der Waals surface area (Å²) < 4.78 is 7.41. The normalized spacial score (nSPS) is 19.0. The van der Waals surface area contributed by atoms with E-state index in [1.54, 1.807) is 24.5 Å². The fourth-order valence-corrected chi connectivity index (χ4v) is 3.04. The maximum absolute atomic E-state index is 12.6. The van der Waals surface area contributed by atoms with E-state index < -0.39 is 5.60 Å². The number of nitrogen functional groups attached to an aromatic ring is 1. The van der Waals surface area contributed by atoms with Gasteiger partial charge in [0.1, 0.15) is 16.9 Å². The lowest BCUT2D eigenvalue weighted by molar-refractivity contribution is 0.00817. The van der Waals surface area contributed by atoms with Crippen molar-refractivity contribution in [2.75, 3.05) is 17.7 Å². The Morgan fingerprint density at radius 3 is 3.15 bits per heavy atom. The van der Waals surface area contributed by atoms with Crippen LogP contribution in [0.25, 0.3) is 5.65 Å². The van der Waals surface area contributed by atoms with Crippen molar-refractivity contribution in [2.24, 2.45) is 0 Å². The van der Waals surface area contributed by atoms with Gasteiger partial charge in [-0.2, -0.15) is 5.10 Å². The molecule has 1 aliphatic rings. The number of fused-ring (bicyclic) bond motifs is 2. The number of ether oxygens (including phenoxy) is 1. The molecule has 1 amide bonds. The fourth-order valence-electron chi connectivity index (χ4n) is 3.04. The monoisotopic (exact) mass is 353 g/mol. The van der Waals surface area contributed by atoms with Crippen molar-refractivity contribution >= 4 is 22.9 Å². The standard InChI is InChI=1S/C18H19N5O3/c1-18(10-24)4-3-11-7-14(13(19)8-15(11)26-18)22-17(25)12-9-21-23-6-2-5-20-16(12)23/h2,5-9,24H,3-4,10,19H2,1H3,(H,22,25)/t18-/m1/s1. The highest BCUT2D eigenvalue weighted by molar-refractivity contribution is 6.09. The maximum atomic E-state index is 12.6. The van der Waals surface area contributed by atoms with E-state index in [2.05, 4.69) is 15.4 Å². The molecular weight excluding hydrogens is 334 g/mol. The first kappa shape index (κ1) is 16.3. The number of aryl methyl sites for hydroxylation is 1. The van der Waals surface area contributed by atoms with E-state index in [4.69, 9.17) is 10.5 Å². The molecule has 0 unspecified atom stereocenters. The summed E-state index contributed by atoms with van der Waals surface area (Å²) in [5.41, 5.74) is 8.18. The summed E-state index contributed by atoms with van der Waals surface area (Å²) >= 11 is 0. The minimum absolute atomic E-state index is 0.0629.